The number of nitrogens with zero attached hydrogens (tertiary/aromatic N) is 2. The van der Waals surface area contributed by atoms with Crippen molar-refractivity contribution in [2.75, 3.05) is 0 Å². The Balaban J connectivity index is 1.93. The fourth-order valence-corrected chi connectivity index (χ4v) is 2.12. The minimum Gasteiger partial charge on any atom is -0.432 e. The summed E-state index contributed by atoms with van der Waals surface area (Å²) >= 11 is 5.92. The fourth-order valence-electron chi connectivity index (χ4n) is 1.96. The Morgan fingerprint density at radius 2 is 1.47 bits per heavy atom. The fraction of sp³-hybridized carbons (Fsp3) is 0. The zero-order valence-electron chi connectivity index (χ0n) is 9.63. The summed E-state index contributed by atoms with van der Waals surface area (Å²) in [6.45, 7) is 0. The molecular weight excluding hydrogens is 264 g/mol. The van der Waals surface area contributed by atoms with Crippen LogP contribution in [0.5, 0.6) is 0 Å². The molecule has 0 unspecified atom stereocenters. The molecule has 0 atom stereocenters. The van der Waals surface area contributed by atoms with Crippen molar-refractivity contribution < 1.29 is 8.83 Å². The van der Waals surface area contributed by atoms with Crippen molar-refractivity contribution in [3.8, 4) is 11.8 Å². The molecule has 0 fully saturated rings. The number of oxazole rings is 2. The third-order valence-electron chi connectivity index (χ3n) is 2.83. The number of hydrogen-bond donors (Lipinski definition) is 0. The van der Waals surface area contributed by atoms with Crippen molar-refractivity contribution in [1.82, 2.24) is 9.97 Å². The van der Waals surface area contributed by atoms with E-state index in [0.717, 1.165) is 5.52 Å². The van der Waals surface area contributed by atoms with Gasteiger partial charge in [-0.1, -0.05) is 23.7 Å². The van der Waals surface area contributed by atoms with E-state index >= 15 is 0 Å². The Kier molecular flexibility index (Phi) is 2.13. The Hall–Kier alpha value is -2.33. The van der Waals surface area contributed by atoms with Gasteiger partial charge in [-0.2, -0.15) is 0 Å². The molecule has 0 amide bonds. The number of rotatable bonds is 1. The molecule has 0 aliphatic rings. The zero-order valence-corrected chi connectivity index (χ0v) is 10.4. The molecule has 2 aromatic heterocycles. The van der Waals surface area contributed by atoms with Crippen molar-refractivity contribution in [3.63, 3.8) is 0 Å². The van der Waals surface area contributed by atoms with Crippen molar-refractivity contribution >= 4 is 33.8 Å². The number of benzene rings is 2. The summed E-state index contributed by atoms with van der Waals surface area (Å²) in [5.41, 5.74) is 2.82. The van der Waals surface area contributed by atoms with Crippen LogP contribution in [0, 0.1) is 0 Å². The second-order valence-electron chi connectivity index (χ2n) is 4.12. The van der Waals surface area contributed by atoms with E-state index in [9.17, 15) is 0 Å². The Morgan fingerprint density at radius 1 is 0.789 bits per heavy atom. The van der Waals surface area contributed by atoms with Gasteiger partial charge < -0.3 is 8.83 Å². The molecule has 5 heteroatoms. The third kappa shape index (κ3) is 1.69. The van der Waals surface area contributed by atoms with Gasteiger partial charge in [0.05, 0.1) is 0 Å². The third-order valence-corrected chi connectivity index (χ3v) is 3.06. The SMILES string of the molecule is Clc1ccc2oc(-c3nc4ccccc4o3)nc2c1. The Labute approximate surface area is 112 Å². The van der Waals surface area contributed by atoms with Crippen LogP contribution < -0.4 is 0 Å². The maximum absolute atomic E-state index is 5.92. The highest BCUT2D eigenvalue weighted by Crippen LogP contribution is 2.27. The van der Waals surface area contributed by atoms with E-state index in [4.69, 9.17) is 20.4 Å². The lowest BCUT2D eigenvalue weighted by Gasteiger charge is -1.85. The van der Waals surface area contributed by atoms with E-state index in [1.54, 1.807) is 18.2 Å². The molecular formula is C14H7ClN2O2. The summed E-state index contributed by atoms with van der Waals surface area (Å²) in [6.07, 6.45) is 0. The van der Waals surface area contributed by atoms with Gasteiger partial charge in [0.1, 0.15) is 11.0 Å². The lowest BCUT2D eigenvalue weighted by atomic mass is 10.3. The van der Waals surface area contributed by atoms with Crippen LogP contribution in [0.3, 0.4) is 0 Å². The van der Waals surface area contributed by atoms with Crippen LogP contribution in [0.2, 0.25) is 5.02 Å². The summed E-state index contributed by atoms with van der Waals surface area (Å²) in [5.74, 6) is 0.724. The first kappa shape index (κ1) is 10.6. The highest BCUT2D eigenvalue weighted by molar-refractivity contribution is 6.31. The number of aromatic nitrogens is 2. The van der Waals surface area contributed by atoms with Gasteiger partial charge in [-0.05, 0) is 30.3 Å². The monoisotopic (exact) mass is 270 g/mol. The highest BCUT2D eigenvalue weighted by atomic mass is 35.5. The van der Waals surface area contributed by atoms with E-state index < -0.39 is 0 Å². The van der Waals surface area contributed by atoms with Gasteiger partial charge in [0.2, 0.25) is 0 Å². The normalized spacial score (nSPS) is 11.4. The van der Waals surface area contributed by atoms with Gasteiger partial charge in [0.25, 0.3) is 11.8 Å². The van der Waals surface area contributed by atoms with Crippen LogP contribution >= 0.6 is 11.6 Å². The smallest absolute Gasteiger partial charge is 0.284 e. The lowest BCUT2D eigenvalue weighted by Crippen LogP contribution is -1.75. The van der Waals surface area contributed by atoms with E-state index in [0.29, 0.717) is 33.5 Å². The van der Waals surface area contributed by atoms with Crippen LogP contribution in [-0.2, 0) is 0 Å². The van der Waals surface area contributed by atoms with Gasteiger partial charge in [0, 0.05) is 5.02 Å². The van der Waals surface area contributed by atoms with Gasteiger partial charge in [-0.3, -0.25) is 0 Å². The molecule has 0 radical (unpaired) electrons. The van der Waals surface area contributed by atoms with Gasteiger partial charge in [0.15, 0.2) is 11.2 Å². The lowest BCUT2D eigenvalue weighted by molar-refractivity contribution is 0.550. The molecule has 4 nitrogen and oxygen atoms in total. The maximum atomic E-state index is 5.92. The van der Waals surface area contributed by atoms with Crippen molar-refractivity contribution in [2.45, 2.75) is 0 Å². The molecule has 0 aliphatic carbocycles. The van der Waals surface area contributed by atoms with E-state index in [2.05, 4.69) is 9.97 Å². The van der Waals surface area contributed by atoms with Gasteiger partial charge in [-0.25, -0.2) is 9.97 Å². The zero-order chi connectivity index (χ0) is 12.8. The summed E-state index contributed by atoms with van der Waals surface area (Å²) < 4.78 is 11.2. The molecule has 0 saturated carbocycles. The topological polar surface area (TPSA) is 52.1 Å². The molecule has 0 saturated heterocycles. The van der Waals surface area contributed by atoms with Crippen LogP contribution in [0.4, 0.5) is 0 Å². The molecule has 19 heavy (non-hydrogen) atoms. The average molecular weight is 271 g/mol. The number of para-hydroxylation sites is 2. The van der Waals surface area contributed by atoms with Crippen molar-refractivity contribution in [1.29, 1.82) is 0 Å². The largest absolute Gasteiger partial charge is 0.432 e. The van der Waals surface area contributed by atoms with Gasteiger partial charge >= 0.3 is 0 Å². The minimum atomic E-state index is 0.355. The predicted octanol–water partition coefficient (Wildman–Crippen LogP) is 4.29. The summed E-state index contributed by atoms with van der Waals surface area (Å²) in [5, 5.41) is 0.616. The first-order chi connectivity index (χ1) is 9.29. The summed E-state index contributed by atoms with van der Waals surface area (Å²) in [7, 11) is 0. The molecule has 4 rings (SSSR count). The van der Waals surface area contributed by atoms with E-state index in [1.165, 1.54) is 0 Å². The maximum Gasteiger partial charge on any atom is 0.284 e. The number of halogens is 1. The predicted molar refractivity (Wildman–Crippen MR) is 72.0 cm³/mol. The van der Waals surface area contributed by atoms with Crippen LogP contribution in [0.25, 0.3) is 34.0 Å². The summed E-state index contributed by atoms with van der Waals surface area (Å²) in [6, 6.07) is 12.8. The minimum absolute atomic E-state index is 0.355. The van der Waals surface area contributed by atoms with Gasteiger partial charge in [-0.15, -0.1) is 0 Å². The molecule has 2 heterocycles. The van der Waals surface area contributed by atoms with E-state index in [1.807, 2.05) is 24.3 Å². The molecule has 4 aromatic rings. The second kappa shape index (κ2) is 3.83. The van der Waals surface area contributed by atoms with Crippen molar-refractivity contribution in [2.24, 2.45) is 0 Å². The average Bonchev–Trinajstić information content (AvgIpc) is 3.00. The van der Waals surface area contributed by atoms with E-state index in [-0.39, 0.29) is 0 Å². The number of hydrogen-bond acceptors (Lipinski definition) is 4. The van der Waals surface area contributed by atoms with Crippen molar-refractivity contribution in [3.05, 3.63) is 47.5 Å². The first-order valence-corrected chi connectivity index (χ1v) is 6.09. The van der Waals surface area contributed by atoms with Crippen LogP contribution in [-0.4, -0.2) is 9.97 Å². The summed E-state index contributed by atoms with van der Waals surface area (Å²) in [4.78, 5) is 8.68. The second-order valence-corrected chi connectivity index (χ2v) is 4.55. The Morgan fingerprint density at radius 3 is 2.26 bits per heavy atom. The highest BCUT2D eigenvalue weighted by Gasteiger charge is 2.14. The number of fused-ring (bicyclic) bond motifs is 2. The molecule has 0 spiro atoms. The Bertz CT molecular complexity index is 862. The van der Waals surface area contributed by atoms with Crippen LogP contribution in [0.15, 0.2) is 51.3 Å². The molecule has 0 bridgehead atoms. The quantitative estimate of drug-likeness (QED) is 0.518. The standard InChI is InChI=1S/C14H7ClN2O2/c15-8-5-6-12-10(7-8)17-14(19-12)13-16-9-3-1-2-4-11(9)18-13/h1-7H. The molecule has 92 valence electrons. The first-order valence-electron chi connectivity index (χ1n) is 5.72. The molecule has 0 N–H and O–H groups in total. The molecule has 0 aliphatic heterocycles. The van der Waals surface area contributed by atoms with Crippen LogP contribution in [0.1, 0.15) is 0 Å². The molecule has 2 aromatic carbocycles.